The molecule has 0 aromatic heterocycles. The van der Waals surface area contributed by atoms with Gasteiger partial charge in [0.2, 0.25) is 11.8 Å². The number of hydrogen-bond acceptors (Lipinski definition) is 4. The van der Waals surface area contributed by atoms with Crippen LogP contribution >= 0.6 is 0 Å². The van der Waals surface area contributed by atoms with E-state index in [1.165, 1.54) is 13.3 Å². The van der Waals surface area contributed by atoms with Gasteiger partial charge >= 0.3 is 0 Å². The highest BCUT2D eigenvalue weighted by molar-refractivity contribution is 5.97. The number of benzene rings is 1. The van der Waals surface area contributed by atoms with Crippen LogP contribution in [0.2, 0.25) is 0 Å². The quantitative estimate of drug-likeness (QED) is 0.799. The van der Waals surface area contributed by atoms with Crippen LogP contribution in [0.1, 0.15) is 49.4 Å². The monoisotopic (exact) mass is 343 g/mol. The first-order valence-corrected chi connectivity index (χ1v) is 8.91. The van der Waals surface area contributed by atoms with Gasteiger partial charge in [0, 0.05) is 17.3 Å². The van der Waals surface area contributed by atoms with E-state index in [-0.39, 0.29) is 36.2 Å². The minimum Gasteiger partial charge on any atom is -0.368 e. The molecule has 1 aliphatic carbocycles. The first-order valence-electron chi connectivity index (χ1n) is 8.91. The highest BCUT2D eigenvalue weighted by atomic mass is 16.2. The molecular formula is C19H25N3O3. The molecule has 1 saturated carbocycles. The zero-order chi connectivity index (χ0) is 18.0. The van der Waals surface area contributed by atoms with Gasteiger partial charge in [0.25, 0.3) is 0 Å². The molecule has 2 fully saturated rings. The standard InChI is InChI=1S/C19H25N3O3/c1-12(23)13-6-4-7-15(9-13)21-18(24)11-22-16-8-3-2-5-14(16)10-17(22)19(20)25/h4,6-7,9,14,16-17H,2-3,5,8,10-11H2,1H3,(H2,20,25)(H,21,24)/t14-,16-,17+/m1/s1. The van der Waals surface area contributed by atoms with Crippen LogP contribution in [0.3, 0.4) is 0 Å². The lowest BCUT2D eigenvalue weighted by Crippen LogP contribution is -2.48. The van der Waals surface area contributed by atoms with Gasteiger partial charge in [0.15, 0.2) is 5.78 Å². The first-order chi connectivity index (χ1) is 12.0. The highest BCUT2D eigenvalue weighted by Crippen LogP contribution is 2.39. The average molecular weight is 343 g/mol. The number of hydrogen-bond donors (Lipinski definition) is 2. The van der Waals surface area contributed by atoms with E-state index in [1.54, 1.807) is 24.3 Å². The number of likely N-dealkylation sites (tertiary alicyclic amines) is 1. The lowest BCUT2D eigenvalue weighted by Gasteiger charge is -2.32. The van der Waals surface area contributed by atoms with Crippen LogP contribution < -0.4 is 11.1 Å². The molecule has 2 amide bonds. The molecule has 3 N–H and O–H groups in total. The number of carbonyl (C=O) groups is 3. The topological polar surface area (TPSA) is 92.5 Å². The van der Waals surface area contributed by atoms with Crippen molar-refractivity contribution in [3.05, 3.63) is 29.8 Å². The number of nitrogens with two attached hydrogens (primary N) is 1. The molecule has 2 aliphatic rings. The normalized spacial score (nSPS) is 26.0. The smallest absolute Gasteiger partial charge is 0.238 e. The van der Waals surface area contributed by atoms with E-state index in [2.05, 4.69) is 5.32 Å². The molecule has 1 aliphatic heterocycles. The van der Waals surface area contributed by atoms with E-state index in [0.717, 1.165) is 25.7 Å². The van der Waals surface area contributed by atoms with Gasteiger partial charge in [0.05, 0.1) is 12.6 Å². The molecule has 0 radical (unpaired) electrons. The molecule has 25 heavy (non-hydrogen) atoms. The molecule has 3 rings (SSSR count). The molecule has 1 saturated heterocycles. The number of ketones is 1. The van der Waals surface area contributed by atoms with Crippen molar-refractivity contribution in [3.63, 3.8) is 0 Å². The molecule has 0 unspecified atom stereocenters. The summed E-state index contributed by atoms with van der Waals surface area (Å²) < 4.78 is 0. The van der Waals surface area contributed by atoms with Gasteiger partial charge in [-0.15, -0.1) is 0 Å². The second-order valence-corrected chi connectivity index (χ2v) is 7.12. The van der Waals surface area contributed by atoms with Crippen LogP contribution in [0.5, 0.6) is 0 Å². The maximum atomic E-state index is 12.5. The molecule has 1 heterocycles. The van der Waals surface area contributed by atoms with E-state index in [0.29, 0.717) is 17.2 Å². The van der Waals surface area contributed by atoms with Crippen molar-refractivity contribution in [2.24, 2.45) is 11.7 Å². The lowest BCUT2D eigenvalue weighted by atomic mass is 9.84. The summed E-state index contributed by atoms with van der Waals surface area (Å²) in [6.07, 6.45) is 5.19. The van der Waals surface area contributed by atoms with Crippen LogP contribution in [0.25, 0.3) is 0 Å². The zero-order valence-corrected chi connectivity index (χ0v) is 14.5. The number of amides is 2. The van der Waals surface area contributed by atoms with Crippen molar-refractivity contribution in [1.29, 1.82) is 0 Å². The fourth-order valence-corrected chi connectivity index (χ4v) is 4.24. The molecule has 1 aromatic rings. The van der Waals surface area contributed by atoms with Crippen molar-refractivity contribution in [2.45, 2.75) is 51.1 Å². The third-order valence-corrected chi connectivity index (χ3v) is 5.43. The Morgan fingerprint density at radius 2 is 2.00 bits per heavy atom. The van der Waals surface area contributed by atoms with Crippen LogP contribution in [-0.4, -0.2) is 41.1 Å². The van der Waals surface area contributed by atoms with Gasteiger partial charge in [-0.3, -0.25) is 19.3 Å². The van der Waals surface area contributed by atoms with Crippen molar-refractivity contribution in [3.8, 4) is 0 Å². The maximum Gasteiger partial charge on any atom is 0.238 e. The third kappa shape index (κ3) is 3.90. The summed E-state index contributed by atoms with van der Waals surface area (Å²) in [5, 5.41) is 2.83. The van der Waals surface area contributed by atoms with Gasteiger partial charge in [-0.25, -0.2) is 0 Å². The van der Waals surface area contributed by atoms with Crippen molar-refractivity contribution < 1.29 is 14.4 Å². The molecule has 6 nitrogen and oxygen atoms in total. The number of nitrogens with zero attached hydrogens (tertiary/aromatic N) is 1. The number of carbonyl (C=O) groups excluding carboxylic acids is 3. The first kappa shape index (κ1) is 17.6. The van der Waals surface area contributed by atoms with Gasteiger partial charge < -0.3 is 11.1 Å². The van der Waals surface area contributed by atoms with Crippen molar-refractivity contribution >= 4 is 23.3 Å². The Bertz CT molecular complexity index is 688. The van der Waals surface area contributed by atoms with Crippen molar-refractivity contribution in [2.75, 3.05) is 11.9 Å². The van der Waals surface area contributed by atoms with Crippen LogP contribution in [0, 0.1) is 5.92 Å². The van der Waals surface area contributed by atoms with Crippen molar-refractivity contribution in [1.82, 2.24) is 4.90 Å². The van der Waals surface area contributed by atoms with E-state index in [9.17, 15) is 14.4 Å². The van der Waals surface area contributed by atoms with Gasteiger partial charge in [-0.2, -0.15) is 0 Å². The Kier molecular flexibility index (Phi) is 5.18. The molecule has 3 atom stereocenters. The van der Waals surface area contributed by atoms with E-state index < -0.39 is 0 Å². The fourth-order valence-electron chi connectivity index (χ4n) is 4.24. The van der Waals surface area contributed by atoms with Gasteiger partial charge in [-0.05, 0) is 44.2 Å². The second kappa shape index (κ2) is 7.35. The van der Waals surface area contributed by atoms with E-state index in [4.69, 9.17) is 5.73 Å². The fraction of sp³-hybridized carbons (Fsp3) is 0.526. The molecule has 1 aromatic carbocycles. The van der Waals surface area contributed by atoms with E-state index in [1.807, 2.05) is 4.90 Å². The minimum absolute atomic E-state index is 0.0468. The molecular weight excluding hydrogens is 318 g/mol. The van der Waals surface area contributed by atoms with E-state index >= 15 is 0 Å². The largest absolute Gasteiger partial charge is 0.368 e. The minimum atomic E-state index is -0.359. The SMILES string of the molecule is CC(=O)c1cccc(NC(=O)CN2[C@@H]3CCCC[C@@H]3C[C@H]2C(N)=O)c1. The molecule has 134 valence electrons. The third-order valence-electron chi connectivity index (χ3n) is 5.43. The Hall–Kier alpha value is -2.21. The van der Waals surface area contributed by atoms with Crippen LogP contribution in [0.15, 0.2) is 24.3 Å². The molecule has 6 heteroatoms. The summed E-state index contributed by atoms with van der Waals surface area (Å²) in [6.45, 7) is 1.64. The Labute approximate surface area is 147 Å². The summed E-state index contributed by atoms with van der Waals surface area (Å²) in [4.78, 5) is 37.8. The summed E-state index contributed by atoms with van der Waals surface area (Å²) in [6, 6.07) is 6.78. The number of fused-ring (bicyclic) bond motifs is 1. The molecule has 0 spiro atoms. The number of rotatable bonds is 5. The average Bonchev–Trinajstić information content (AvgIpc) is 2.94. The van der Waals surface area contributed by atoms with Crippen LogP contribution in [-0.2, 0) is 9.59 Å². The Balaban J connectivity index is 1.69. The number of nitrogens with one attached hydrogen (secondary N) is 1. The Morgan fingerprint density at radius 3 is 2.72 bits per heavy atom. The highest BCUT2D eigenvalue weighted by Gasteiger charge is 2.44. The van der Waals surface area contributed by atoms with Gasteiger partial charge in [0.1, 0.15) is 0 Å². The van der Waals surface area contributed by atoms with Gasteiger partial charge in [-0.1, -0.05) is 25.0 Å². The second-order valence-electron chi connectivity index (χ2n) is 7.12. The summed E-state index contributed by atoms with van der Waals surface area (Å²) in [5.74, 6) is -0.117. The predicted octanol–water partition coefficient (Wildman–Crippen LogP) is 1.95. The predicted molar refractivity (Wildman–Crippen MR) is 95.1 cm³/mol. The zero-order valence-electron chi connectivity index (χ0n) is 14.5. The molecule has 0 bridgehead atoms. The maximum absolute atomic E-state index is 12.5. The summed E-state index contributed by atoms with van der Waals surface area (Å²) in [5.41, 5.74) is 6.72. The lowest BCUT2D eigenvalue weighted by molar-refractivity contribution is -0.124. The number of primary amides is 1. The summed E-state index contributed by atoms with van der Waals surface area (Å²) in [7, 11) is 0. The summed E-state index contributed by atoms with van der Waals surface area (Å²) >= 11 is 0. The Morgan fingerprint density at radius 1 is 1.24 bits per heavy atom. The number of anilines is 1. The van der Waals surface area contributed by atoms with Crippen LogP contribution in [0.4, 0.5) is 5.69 Å². The number of Topliss-reactive ketones (excluding diaryl/α,β-unsaturated/α-hetero) is 1.